The number of benzene rings is 1. The first-order valence-corrected chi connectivity index (χ1v) is 9.74. The van der Waals surface area contributed by atoms with Crippen LogP contribution in [0.4, 0.5) is 0 Å². The molecule has 1 aliphatic heterocycles. The van der Waals surface area contributed by atoms with E-state index < -0.39 is 0 Å². The van der Waals surface area contributed by atoms with E-state index in [1.54, 1.807) is 0 Å². The maximum Gasteiger partial charge on any atom is 0.336 e. The smallest absolute Gasteiger partial charge is 0.336 e. The lowest BCUT2D eigenvalue weighted by molar-refractivity contribution is 0.160. The van der Waals surface area contributed by atoms with Crippen LogP contribution in [0.5, 0.6) is 5.75 Å². The van der Waals surface area contributed by atoms with Gasteiger partial charge < -0.3 is 9.15 Å². The number of ether oxygens (including phenoxy) is 1. The van der Waals surface area contributed by atoms with Crippen molar-refractivity contribution >= 4 is 11.0 Å². The monoisotopic (exact) mass is 358 g/mol. The molecule has 0 bridgehead atoms. The van der Waals surface area contributed by atoms with Crippen molar-refractivity contribution in [3.05, 3.63) is 40.2 Å². The van der Waals surface area contributed by atoms with Gasteiger partial charge in [0.25, 0.3) is 0 Å². The van der Waals surface area contributed by atoms with Gasteiger partial charge in [0, 0.05) is 36.7 Å². The molecule has 0 saturated carbocycles. The van der Waals surface area contributed by atoms with Gasteiger partial charge in [-0.1, -0.05) is 13.8 Å². The highest BCUT2D eigenvalue weighted by molar-refractivity contribution is 5.81. The van der Waals surface area contributed by atoms with E-state index in [9.17, 15) is 4.79 Å². The van der Waals surface area contributed by atoms with E-state index in [0.717, 1.165) is 42.9 Å². The van der Waals surface area contributed by atoms with E-state index in [1.165, 1.54) is 25.5 Å². The summed E-state index contributed by atoms with van der Waals surface area (Å²) in [6.45, 7) is 12.4. The topological polar surface area (TPSA) is 45.9 Å². The summed E-state index contributed by atoms with van der Waals surface area (Å²) in [5, 5.41) is 0.952. The zero-order valence-corrected chi connectivity index (χ0v) is 16.2. The van der Waals surface area contributed by atoms with E-state index in [2.05, 4.69) is 23.6 Å². The number of hydrogen-bond acceptors (Lipinski definition) is 5. The third-order valence-electron chi connectivity index (χ3n) is 5.42. The maximum absolute atomic E-state index is 11.6. The SMILES string of the molecule is CCN(CCOc1ccc2c(C)cc(=O)oc2c1)CC1CCCN1CC. The summed E-state index contributed by atoms with van der Waals surface area (Å²) in [7, 11) is 0. The second kappa shape index (κ2) is 8.69. The lowest BCUT2D eigenvalue weighted by Gasteiger charge is -2.29. The van der Waals surface area contributed by atoms with Crippen molar-refractivity contribution in [3.63, 3.8) is 0 Å². The first kappa shape index (κ1) is 18.9. The molecule has 0 N–H and O–H groups in total. The number of aryl methyl sites for hydroxylation is 1. The van der Waals surface area contributed by atoms with Crippen LogP contribution in [0, 0.1) is 6.92 Å². The molecule has 142 valence electrons. The van der Waals surface area contributed by atoms with Crippen molar-refractivity contribution < 1.29 is 9.15 Å². The number of hydrogen-bond donors (Lipinski definition) is 0. The van der Waals surface area contributed by atoms with Gasteiger partial charge in [-0.15, -0.1) is 0 Å². The average molecular weight is 358 g/mol. The summed E-state index contributed by atoms with van der Waals surface area (Å²) in [5.41, 5.74) is 1.20. The number of likely N-dealkylation sites (tertiary alicyclic amines) is 1. The van der Waals surface area contributed by atoms with Crippen LogP contribution >= 0.6 is 0 Å². The summed E-state index contributed by atoms with van der Waals surface area (Å²) in [6.07, 6.45) is 2.61. The Morgan fingerprint density at radius 2 is 2.15 bits per heavy atom. The molecule has 26 heavy (non-hydrogen) atoms. The molecule has 3 rings (SSSR count). The van der Waals surface area contributed by atoms with E-state index in [1.807, 2.05) is 25.1 Å². The second-order valence-electron chi connectivity index (χ2n) is 7.07. The molecule has 2 heterocycles. The van der Waals surface area contributed by atoms with Crippen molar-refractivity contribution in [1.29, 1.82) is 0 Å². The number of likely N-dealkylation sites (N-methyl/N-ethyl adjacent to an activating group) is 2. The van der Waals surface area contributed by atoms with E-state index in [4.69, 9.17) is 9.15 Å². The molecule has 1 atom stereocenters. The highest BCUT2D eigenvalue weighted by Crippen LogP contribution is 2.22. The first-order valence-electron chi connectivity index (χ1n) is 9.74. The third-order valence-corrected chi connectivity index (χ3v) is 5.42. The summed E-state index contributed by atoms with van der Waals surface area (Å²) in [6, 6.07) is 7.91. The predicted octanol–water partition coefficient (Wildman–Crippen LogP) is 3.29. The van der Waals surface area contributed by atoms with Gasteiger partial charge in [0.05, 0.1) is 0 Å². The Morgan fingerprint density at radius 1 is 1.31 bits per heavy atom. The van der Waals surface area contributed by atoms with Gasteiger partial charge in [-0.25, -0.2) is 4.79 Å². The molecule has 1 aromatic carbocycles. The van der Waals surface area contributed by atoms with Crippen LogP contribution < -0.4 is 10.4 Å². The zero-order chi connectivity index (χ0) is 18.5. The van der Waals surface area contributed by atoms with Crippen LogP contribution in [-0.2, 0) is 0 Å². The second-order valence-corrected chi connectivity index (χ2v) is 7.07. The van der Waals surface area contributed by atoms with Crippen molar-refractivity contribution in [2.24, 2.45) is 0 Å². The molecule has 1 fully saturated rings. The number of nitrogens with zero attached hydrogens (tertiary/aromatic N) is 2. The molecular weight excluding hydrogens is 328 g/mol. The molecule has 0 aliphatic carbocycles. The van der Waals surface area contributed by atoms with Gasteiger partial charge in [-0.3, -0.25) is 9.80 Å². The molecule has 1 unspecified atom stereocenters. The quantitative estimate of drug-likeness (QED) is 0.678. The van der Waals surface area contributed by atoms with Crippen LogP contribution in [-0.4, -0.2) is 55.2 Å². The summed E-state index contributed by atoms with van der Waals surface area (Å²) < 4.78 is 11.2. The summed E-state index contributed by atoms with van der Waals surface area (Å²) >= 11 is 0. The van der Waals surface area contributed by atoms with Crippen molar-refractivity contribution in [2.45, 2.75) is 39.7 Å². The Hall–Kier alpha value is -1.85. The molecular formula is C21H30N2O3. The van der Waals surface area contributed by atoms with Crippen LogP contribution in [0.15, 0.2) is 33.5 Å². The Labute approximate surface area is 155 Å². The largest absolute Gasteiger partial charge is 0.492 e. The number of fused-ring (bicyclic) bond motifs is 1. The van der Waals surface area contributed by atoms with Gasteiger partial charge in [0.15, 0.2) is 0 Å². The molecule has 2 aromatic rings. The normalized spacial score (nSPS) is 18.1. The van der Waals surface area contributed by atoms with E-state index >= 15 is 0 Å². The minimum Gasteiger partial charge on any atom is -0.492 e. The average Bonchev–Trinajstić information content (AvgIpc) is 3.07. The molecule has 0 spiro atoms. The van der Waals surface area contributed by atoms with Crippen LogP contribution in [0.1, 0.15) is 32.3 Å². The van der Waals surface area contributed by atoms with Crippen molar-refractivity contribution in [3.8, 4) is 5.75 Å². The van der Waals surface area contributed by atoms with Gasteiger partial charge in [-0.2, -0.15) is 0 Å². The van der Waals surface area contributed by atoms with Gasteiger partial charge in [-0.05, 0) is 57.1 Å². The maximum atomic E-state index is 11.6. The van der Waals surface area contributed by atoms with Crippen LogP contribution in [0.2, 0.25) is 0 Å². The van der Waals surface area contributed by atoms with Gasteiger partial charge >= 0.3 is 5.63 Å². The van der Waals surface area contributed by atoms with E-state index in [-0.39, 0.29) is 5.63 Å². The molecule has 1 aromatic heterocycles. The fourth-order valence-electron chi connectivity index (χ4n) is 3.88. The van der Waals surface area contributed by atoms with Crippen LogP contribution in [0.3, 0.4) is 0 Å². The van der Waals surface area contributed by atoms with Crippen molar-refractivity contribution in [1.82, 2.24) is 9.80 Å². The predicted molar refractivity (Wildman–Crippen MR) is 105 cm³/mol. The Bertz CT molecular complexity index is 786. The highest BCUT2D eigenvalue weighted by Gasteiger charge is 2.24. The summed E-state index contributed by atoms with van der Waals surface area (Å²) in [5.74, 6) is 0.748. The zero-order valence-electron chi connectivity index (χ0n) is 16.2. The fourth-order valence-corrected chi connectivity index (χ4v) is 3.88. The number of rotatable bonds is 8. The molecule has 0 amide bonds. The fraction of sp³-hybridized carbons (Fsp3) is 0.571. The molecule has 1 aliphatic rings. The lowest BCUT2D eigenvalue weighted by Crippen LogP contribution is -2.41. The van der Waals surface area contributed by atoms with Crippen molar-refractivity contribution in [2.75, 3.05) is 39.3 Å². The molecule has 5 heteroatoms. The molecule has 5 nitrogen and oxygen atoms in total. The minimum atomic E-state index is -0.318. The summed E-state index contributed by atoms with van der Waals surface area (Å²) in [4.78, 5) is 16.6. The Morgan fingerprint density at radius 3 is 2.92 bits per heavy atom. The van der Waals surface area contributed by atoms with Gasteiger partial charge in [0.1, 0.15) is 17.9 Å². The minimum absolute atomic E-state index is 0.318. The Kier molecular flexibility index (Phi) is 6.33. The standard InChI is InChI=1S/C21H30N2O3/c1-4-22(15-17-7-6-10-23(17)5-2)11-12-25-18-8-9-19-16(3)13-21(24)26-20(19)14-18/h8-9,13-14,17H,4-7,10-12,15H2,1-3H3. The third kappa shape index (κ3) is 4.46. The molecule has 1 saturated heterocycles. The van der Waals surface area contributed by atoms with Gasteiger partial charge in [0.2, 0.25) is 0 Å². The highest BCUT2D eigenvalue weighted by atomic mass is 16.5. The first-order chi connectivity index (χ1) is 12.6. The Balaban J connectivity index is 1.56. The molecule has 0 radical (unpaired) electrons. The van der Waals surface area contributed by atoms with E-state index in [0.29, 0.717) is 18.2 Å². The lowest BCUT2D eigenvalue weighted by atomic mass is 10.1. The van der Waals surface area contributed by atoms with Crippen LogP contribution in [0.25, 0.3) is 11.0 Å².